The molecule has 4 aromatic rings. The van der Waals surface area contributed by atoms with Crippen LogP contribution in [0.4, 0.5) is 23.1 Å². The van der Waals surface area contributed by atoms with Crippen molar-refractivity contribution in [2.75, 3.05) is 43.3 Å². The maximum atomic E-state index is 13.0. The van der Waals surface area contributed by atoms with E-state index < -0.39 is 0 Å². The van der Waals surface area contributed by atoms with Crippen molar-refractivity contribution in [1.29, 1.82) is 0 Å². The lowest BCUT2D eigenvalue weighted by atomic mass is 10.1. The van der Waals surface area contributed by atoms with Gasteiger partial charge < -0.3 is 15.5 Å². The van der Waals surface area contributed by atoms with E-state index in [-0.39, 0.29) is 5.91 Å². The summed E-state index contributed by atoms with van der Waals surface area (Å²) in [6.07, 6.45) is 4.11. The summed E-state index contributed by atoms with van der Waals surface area (Å²) in [7, 11) is 6.05. The van der Waals surface area contributed by atoms with Gasteiger partial charge in [0.15, 0.2) is 5.82 Å². The van der Waals surface area contributed by atoms with Gasteiger partial charge in [-0.25, -0.2) is 4.98 Å². The zero-order valence-electron chi connectivity index (χ0n) is 21.6. The predicted octanol–water partition coefficient (Wildman–Crippen LogP) is 5.18. The van der Waals surface area contributed by atoms with Crippen molar-refractivity contribution in [2.45, 2.75) is 13.5 Å². The Kier molecular flexibility index (Phi) is 6.74. The number of amides is 1. The summed E-state index contributed by atoms with van der Waals surface area (Å²) in [6, 6.07) is 21.5. The Bertz CT molecular complexity index is 1460. The minimum absolute atomic E-state index is 0.148. The first-order valence-corrected chi connectivity index (χ1v) is 12.2. The molecule has 1 aliphatic rings. The minimum Gasteiger partial charge on any atom is -0.324 e. The molecule has 8 heteroatoms. The third-order valence-corrected chi connectivity index (χ3v) is 6.26. The molecule has 0 bridgehead atoms. The summed E-state index contributed by atoms with van der Waals surface area (Å²) in [6.45, 7) is 3.56. The van der Waals surface area contributed by atoms with Crippen LogP contribution in [0.15, 0.2) is 79.0 Å². The fourth-order valence-electron chi connectivity index (χ4n) is 4.35. The summed E-state index contributed by atoms with van der Waals surface area (Å²) in [5.41, 5.74) is 5.24. The van der Waals surface area contributed by atoms with Crippen molar-refractivity contribution >= 4 is 40.0 Å². The predicted molar refractivity (Wildman–Crippen MR) is 150 cm³/mol. The summed E-state index contributed by atoms with van der Waals surface area (Å²) in [5, 5.41) is 11.5. The molecule has 0 radical (unpaired) electrons. The largest absolute Gasteiger partial charge is 0.324 e. The van der Waals surface area contributed by atoms with Gasteiger partial charge in [0.1, 0.15) is 0 Å². The van der Waals surface area contributed by atoms with Gasteiger partial charge in [0.05, 0.1) is 12.1 Å². The molecular formula is C29H31N7O. The fraction of sp³-hybridized carbons (Fsp3) is 0.207. The van der Waals surface area contributed by atoms with E-state index >= 15 is 0 Å². The van der Waals surface area contributed by atoms with Crippen LogP contribution < -0.4 is 15.6 Å². The number of anilines is 4. The molecule has 0 spiro atoms. The highest BCUT2D eigenvalue weighted by Gasteiger charge is 2.19. The highest BCUT2D eigenvalue weighted by molar-refractivity contribution is 6.05. The molecule has 8 nitrogen and oxygen atoms in total. The number of carbonyl (C=O) groups is 1. The molecule has 0 unspecified atom stereocenters. The van der Waals surface area contributed by atoms with Crippen LogP contribution in [-0.2, 0) is 6.54 Å². The number of nitrogens with zero attached hydrogens (tertiary/aromatic N) is 5. The third kappa shape index (κ3) is 5.39. The highest BCUT2D eigenvalue weighted by Crippen LogP contribution is 2.29. The second kappa shape index (κ2) is 10.3. The molecule has 0 aliphatic carbocycles. The van der Waals surface area contributed by atoms with Gasteiger partial charge in [-0.2, -0.15) is 4.98 Å². The molecule has 0 saturated carbocycles. The number of nitrogens with one attached hydrogen (secondary N) is 2. The van der Waals surface area contributed by atoms with Crippen molar-refractivity contribution in [3.8, 4) is 0 Å². The van der Waals surface area contributed by atoms with Crippen LogP contribution in [0.3, 0.4) is 0 Å². The van der Waals surface area contributed by atoms with Gasteiger partial charge in [-0.15, -0.1) is 0 Å². The molecule has 2 N–H and O–H groups in total. The van der Waals surface area contributed by atoms with Crippen LogP contribution in [0.1, 0.15) is 21.5 Å². The Morgan fingerprint density at radius 1 is 1.03 bits per heavy atom. The Morgan fingerprint density at radius 3 is 2.54 bits per heavy atom. The molecule has 0 fully saturated rings. The number of hydrogen-bond acceptors (Lipinski definition) is 7. The molecule has 3 aromatic carbocycles. The number of hydrazine groups is 1. The zero-order valence-corrected chi connectivity index (χ0v) is 21.6. The Morgan fingerprint density at radius 2 is 1.81 bits per heavy atom. The molecule has 0 saturated heterocycles. The van der Waals surface area contributed by atoms with Gasteiger partial charge in [-0.05, 0) is 80.7 Å². The number of rotatable bonds is 7. The second-order valence-corrected chi connectivity index (χ2v) is 9.47. The molecule has 1 aromatic heterocycles. The lowest BCUT2D eigenvalue weighted by molar-refractivity contribution is 0.102. The molecule has 2 heterocycles. The highest BCUT2D eigenvalue weighted by atomic mass is 16.1. The molecule has 5 rings (SSSR count). The van der Waals surface area contributed by atoms with Crippen molar-refractivity contribution in [3.63, 3.8) is 0 Å². The van der Waals surface area contributed by atoms with Crippen LogP contribution in [0.25, 0.3) is 10.9 Å². The quantitative estimate of drug-likeness (QED) is 0.368. The first-order chi connectivity index (χ1) is 17.9. The van der Waals surface area contributed by atoms with Crippen LogP contribution >= 0.6 is 0 Å². The number of carbonyl (C=O) groups excluding carboxylic acids is 1. The summed E-state index contributed by atoms with van der Waals surface area (Å²) in [4.78, 5) is 24.6. The van der Waals surface area contributed by atoms with E-state index in [9.17, 15) is 4.79 Å². The maximum Gasteiger partial charge on any atom is 0.255 e. The van der Waals surface area contributed by atoms with Crippen molar-refractivity contribution < 1.29 is 4.79 Å². The van der Waals surface area contributed by atoms with Gasteiger partial charge >= 0.3 is 0 Å². The summed E-state index contributed by atoms with van der Waals surface area (Å²) < 4.78 is 0. The second-order valence-electron chi connectivity index (χ2n) is 9.47. The number of aromatic nitrogens is 2. The first-order valence-electron chi connectivity index (χ1n) is 12.2. The van der Waals surface area contributed by atoms with Gasteiger partial charge in [0.2, 0.25) is 5.95 Å². The zero-order chi connectivity index (χ0) is 25.9. The van der Waals surface area contributed by atoms with Crippen LogP contribution in [0.5, 0.6) is 0 Å². The van der Waals surface area contributed by atoms with E-state index in [2.05, 4.69) is 32.7 Å². The number of aryl methyl sites for hydroxylation is 1. The Labute approximate surface area is 217 Å². The van der Waals surface area contributed by atoms with Crippen LogP contribution in [0.2, 0.25) is 0 Å². The number of fused-ring (bicyclic) bond motifs is 1. The average molecular weight is 494 g/mol. The maximum absolute atomic E-state index is 13.0. The van der Waals surface area contributed by atoms with Gasteiger partial charge in [0.25, 0.3) is 5.91 Å². The monoisotopic (exact) mass is 493 g/mol. The minimum atomic E-state index is -0.148. The molecule has 37 heavy (non-hydrogen) atoms. The normalized spacial score (nSPS) is 13.0. The lowest BCUT2D eigenvalue weighted by Gasteiger charge is -2.27. The van der Waals surface area contributed by atoms with Crippen molar-refractivity contribution in [3.05, 3.63) is 95.7 Å². The first kappa shape index (κ1) is 24.3. The van der Waals surface area contributed by atoms with Gasteiger partial charge in [-0.1, -0.05) is 24.3 Å². The van der Waals surface area contributed by atoms with E-state index in [1.54, 1.807) is 12.1 Å². The number of para-hydroxylation sites is 1. The van der Waals surface area contributed by atoms with E-state index in [0.29, 0.717) is 11.5 Å². The molecule has 188 valence electrons. The standard InChI is InChI=1S/C29H31N7O/c1-20-10-11-21(19-34(2)3)18-26(20)31-28(37)22-12-14-23(15-13-22)30-29-32-25-9-6-5-8-24(25)27(33-29)36-17-7-16-35(36)4/h5-16,18H,17,19H2,1-4H3,(H,31,37)(H,30,32,33). The van der Waals surface area contributed by atoms with E-state index in [1.165, 1.54) is 0 Å². The third-order valence-electron chi connectivity index (χ3n) is 6.26. The van der Waals surface area contributed by atoms with E-state index in [1.807, 2.05) is 87.8 Å². The summed E-state index contributed by atoms with van der Waals surface area (Å²) >= 11 is 0. The van der Waals surface area contributed by atoms with E-state index in [0.717, 1.165) is 52.3 Å². The molecule has 0 atom stereocenters. The molecule has 1 amide bonds. The number of benzene rings is 3. The van der Waals surface area contributed by atoms with Crippen molar-refractivity contribution in [1.82, 2.24) is 19.9 Å². The topological polar surface area (TPSA) is 76.6 Å². The van der Waals surface area contributed by atoms with Gasteiger partial charge in [-0.3, -0.25) is 14.8 Å². The average Bonchev–Trinajstić information content (AvgIpc) is 3.31. The summed E-state index contributed by atoms with van der Waals surface area (Å²) in [5.74, 6) is 1.19. The SMILES string of the molecule is Cc1ccc(CN(C)C)cc1NC(=O)c1ccc(Nc2nc(N3CC=CN3C)c3ccccc3n2)cc1. The molecule has 1 aliphatic heterocycles. The van der Waals surface area contributed by atoms with Gasteiger partial charge in [0, 0.05) is 42.1 Å². The van der Waals surface area contributed by atoms with Crippen LogP contribution in [0, 0.1) is 6.92 Å². The Hall–Kier alpha value is -4.43. The lowest BCUT2D eigenvalue weighted by Crippen LogP contribution is -2.33. The van der Waals surface area contributed by atoms with Crippen molar-refractivity contribution in [2.24, 2.45) is 0 Å². The fourth-order valence-corrected chi connectivity index (χ4v) is 4.35. The number of hydrogen-bond donors (Lipinski definition) is 2. The van der Waals surface area contributed by atoms with Crippen LogP contribution in [-0.4, -0.2) is 53.5 Å². The molecular weight excluding hydrogens is 462 g/mol. The smallest absolute Gasteiger partial charge is 0.255 e. The van der Waals surface area contributed by atoms with E-state index in [4.69, 9.17) is 9.97 Å². The Balaban J connectivity index is 1.33.